The highest BCUT2D eigenvalue weighted by atomic mass is 19.3. The summed E-state index contributed by atoms with van der Waals surface area (Å²) in [6.45, 7) is 3.85. The van der Waals surface area contributed by atoms with Gasteiger partial charge >= 0.3 is 6.61 Å². The van der Waals surface area contributed by atoms with Crippen LogP contribution >= 0.6 is 0 Å². The Balaban J connectivity index is 2.03. The van der Waals surface area contributed by atoms with Gasteiger partial charge in [-0.15, -0.1) is 0 Å². The van der Waals surface area contributed by atoms with Crippen molar-refractivity contribution < 1.29 is 23.0 Å². The highest BCUT2D eigenvalue weighted by Crippen LogP contribution is 2.27. The van der Waals surface area contributed by atoms with Gasteiger partial charge in [0.2, 0.25) is 5.91 Å². The molecule has 9 heteroatoms. The predicted octanol–water partition coefficient (Wildman–Crippen LogP) is 3.14. The van der Waals surface area contributed by atoms with E-state index in [9.17, 15) is 13.6 Å². The van der Waals surface area contributed by atoms with Crippen molar-refractivity contribution in [2.24, 2.45) is 4.99 Å². The highest BCUT2D eigenvalue weighted by Gasteiger charge is 2.16. The van der Waals surface area contributed by atoms with Gasteiger partial charge in [0, 0.05) is 31.3 Å². The van der Waals surface area contributed by atoms with E-state index < -0.39 is 6.61 Å². The molecule has 2 N–H and O–H groups in total. The number of likely N-dealkylation sites (tertiary alicyclic amines) is 1. The van der Waals surface area contributed by atoms with Gasteiger partial charge in [-0.25, -0.2) is 4.99 Å². The molecule has 1 aliphatic heterocycles. The monoisotopic (exact) mass is 426 g/mol. The normalized spacial score (nSPS) is 14.6. The number of alkyl halides is 2. The summed E-state index contributed by atoms with van der Waals surface area (Å²) < 4.78 is 35.8. The fourth-order valence-corrected chi connectivity index (χ4v) is 3.10. The van der Waals surface area contributed by atoms with E-state index in [0.29, 0.717) is 30.4 Å². The van der Waals surface area contributed by atoms with Crippen molar-refractivity contribution in [3.05, 3.63) is 23.8 Å². The number of nitrogens with one attached hydrogen (secondary N) is 2. The van der Waals surface area contributed by atoms with Crippen LogP contribution in [-0.4, -0.2) is 56.2 Å². The van der Waals surface area contributed by atoms with E-state index in [1.807, 2.05) is 18.7 Å². The molecule has 1 heterocycles. The van der Waals surface area contributed by atoms with Crippen LogP contribution in [0.3, 0.4) is 0 Å². The van der Waals surface area contributed by atoms with Crippen molar-refractivity contribution in [1.29, 1.82) is 0 Å². The van der Waals surface area contributed by atoms with Gasteiger partial charge in [-0.05, 0) is 44.7 Å². The lowest BCUT2D eigenvalue weighted by Crippen LogP contribution is -2.46. The molecule has 1 aromatic carbocycles. The molecule has 1 aliphatic rings. The molecular formula is C21H32F2N4O3. The third-order valence-electron chi connectivity index (χ3n) is 4.60. The number of carbonyl (C=O) groups is 1. The Bertz CT molecular complexity index is 695. The number of ether oxygens (including phenoxy) is 2. The van der Waals surface area contributed by atoms with E-state index in [4.69, 9.17) is 4.74 Å². The first-order valence-electron chi connectivity index (χ1n) is 10.5. The summed E-state index contributed by atoms with van der Waals surface area (Å²) >= 11 is 0. The smallest absolute Gasteiger partial charge is 0.387 e. The largest absolute Gasteiger partial charge is 0.493 e. The molecule has 1 amide bonds. The van der Waals surface area contributed by atoms with Crippen molar-refractivity contribution >= 4 is 11.9 Å². The Morgan fingerprint density at radius 2 is 1.97 bits per heavy atom. The number of benzene rings is 1. The number of hydrogen-bond acceptors (Lipinski definition) is 4. The Hall–Kier alpha value is -2.58. The van der Waals surface area contributed by atoms with Crippen molar-refractivity contribution in [3.8, 4) is 11.5 Å². The molecule has 0 spiro atoms. The molecule has 2 rings (SSSR count). The molecule has 0 aliphatic carbocycles. The summed E-state index contributed by atoms with van der Waals surface area (Å²) in [6, 6.07) is 4.82. The summed E-state index contributed by atoms with van der Waals surface area (Å²) in [7, 11) is 0. The summed E-state index contributed by atoms with van der Waals surface area (Å²) in [5.74, 6) is 0.969. The van der Waals surface area contributed by atoms with Crippen LogP contribution in [0.5, 0.6) is 11.5 Å². The minimum Gasteiger partial charge on any atom is -0.493 e. The van der Waals surface area contributed by atoms with Gasteiger partial charge in [-0.2, -0.15) is 8.78 Å². The van der Waals surface area contributed by atoms with E-state index in [-0.39, 0.29) is 24.7 Å². The molecule has 1 aromatic rings. The van der Waals surface area contributed by atoms with Gasteiger partial charge < -0.3 is 25.0 Å². The van der Waals surface area contributed by atoms with Crippen molar-refractivity contribution in [3.63, 3.8) is 0 Å². The maximum absolute atomic E-state index is 12.8. The van der Waals surface area contributed by atoms with Gasteiger partial charge in [-0.3, -0.25) is 4.79 Å². The molecular weight excluding hydrogens is 394 g/mol. The number of hydrogen-bond donors (Lipinski definition) is 2. The standard InChI is InChI=1S/C21H32F2N4O3/c1-3-12-29-17-9-8-16(18(13-17)30-20(22)23)14-25-21(24-4-2)26-15-19(28)27-10-6-5-7-11-27/h8-9,13,20H,3-7,10-12,14-15H2,1-2H3,(H2,24,25,26). The average Bonchev–Trinajstić information content (AvgIpc) is 2.75. The van der Waals surface area contributed by atoms with Crippen LogP contribution in [0.25, 0.3) is 0 Å². The lowest BCUT2D eigenvalue weighted by molar-refractivity contribution is -0.130. The fraction of sp³-hybridized carbons (Fsp3) is 0.619. The van der Waals surface area contributed by atoms with E-state index in [0.717, 1.165) is 38.8 Å². The molecule has 0 atom stereocenters. The van der Waals surface area contributed by atoms with Gasteiger partial charge in [0.25, 0.3) is 0 Å². The molecule has 1 fully saturated rings. The maximum atomic E-state index is 12.8. The lowest BCUT2D eigenvalue weighted by Gasteiger charge is -2.27. The molecule has 0 unspecified atom stereocenters. The molecule has 7 nitrogen and oxygen atoms in total. The minimum absolute atomic E-state index is 0.0273. The average molecular weight is 427 g/mol. The SMILES string of the molecule is CCCOc1ccc(CN=C(NCC)NCC(=O)N2CCCCC2)c(OC(F)F)c1. The zero-order valence-electron chi connectivity index (χ0n) is 17.8. The highest BCUT2D eigenvalue weighted by molar-refractivity contribution is 5.86. The zero-order valence-corrected chi connectivity index (χ0v) is 17.8. The van der Waals surface area contributed by atoms with Gasteiger partial charge in [0.1, 0.15) is 11.5 Å². The Labute approximate surface area is 176 Å². The van der Waals surface area contributed by atoms with Crippen molar-refractivity contribution in [2.75, 3.05) is 32.8 Å². The third-order valence-corrected chi connectivity index (χ3v) is 4.60. The minimum atomic E-state index is -2.94. The molecule has 0 saturated carbocycles. The van der Waals surface area contributed by atoms with E-state index in [1.165, 1.54) is 6.07 Å². The second-order valence-electron chi connectivity index (χ2n) is 6.99. The topological polar surface area (TPSA) is 75.2 Å². The Morgan fingerprint density at radius 1 is 1.20 bits per heavy atom. The number of carbonyl (C=O) groups excluding carboxylic acids is 1. The first kappa shape index (κ1) is 23.7. The first-order valence-corrected chi connectivity index (χ1v) is 10.5. The molecule has 1 saturated heterocycles. The van der Waals surface area contributed by atoms with Gasteiger partial charge in [-0.1, -0.05) is 6.92 Å². The van der Waals surface area contributed by atoms with E-state index >= 15 is 0 Å². The Kier molecular flexibility index (Phi) is 10.2. The zero-order chi connectivity index (χ0) is 21.8. The Morgan fingerprint density at radius 3 is 2.63 bits per heavy atom. The fourth-order valence-electron chi connectivity index (χ4n) is 3.10. The van der Waals surface area contributed by atoms with Crippen LogP contribution in [0.4, 0.5) is 8.78 Å². The number of halogens is 2. The molecule has 0 aromatic heterocycles. The number of rotatable bonds is 10. The van der Waals surface area contributed by atoms with E-state index in [1.54, 1.807) is 12.1 Å². The second-order valence-corrected chi connectivity index (χ2v) is 6.99. The number of nitrogens with zero attached hydrogens (tertiary/aromatic N) is 2. The van der Waals surface area contributed by atoms with Crippen LogP contribution in [0.2, 0.25) is 0 Å². The summed E-state index contributed by atoms with van der Waals surface area (Å²) in [6.07, 6.45) is 4.03. The lowest BCUT2D eigenvalue weighted by atomic mass is 10.1. The summed E-state index contributed by atoms with van der Waals surface area (Å²) in [4.78, 5) is 18.6. The maximum Gasteiger partial charge on any atom is 0.387 e. The second kappa shape index (κ2) is 12.9. The van der Waals surface area contributed by atoms with E-state index in [2.05, 4.69) is 20.4 Å². The quantitative estimate of drug-likeness (QED) is 0.444. The van der Waals surface area contributed by atoms with Crippen LogP contribution in [-0.2, 0) is 11.3 Å². The van der Waals surface area contributed by atoms with Crippen LogP contribution in [0.1, 0.15) is 45.1 Å². The first-order chi connectivity index (χ1) is 14.5. The molecule has 168 valence electrons. The number of aliphatic imine (C=N–C) groups is 1. The summed E-state index contributed by atoms with van der Waals surface area (Å²) in [5.41, 5.74) is 0.499. The number of piperidine rings is 1. The van der Waals surface area contributed by atoms with Crippen LogP contribution in [0, 0.1) is 0 Å². The van der Waals surface area contributed by atoms with Crippen molar-refractivity contribution in [1.82, 2.24) is 15.5 Å². The van der Waals surface area contributed by atoms with Crippen molar-refractivity contribution in [2.45, 2.75) is 52.7 Å². The van der Waals surface area contributed by atoms with Crippen LogP contribution in [0.15, 0.2) is 23.2 Å². The van der Waals surface area contributed by atoms with Crippen LogP contribution < -0.4 is 20.1 Å². The molecule has 0 radical (unpaired) electrons. The van der Waals surface area contributed by atoms with Gasteiger partial charge in [0.15, 0.2) is 5.96 Å². The molecule has 0 bridgehead atoms. The predicted molar refractivity (Wildman–Crippen MR) is 112 cm³/mol. The number of amides is 1. The number of guanidine groups is 1. The third kappa shape index (κ3) is 8.04. The molecule has 30 heavy (non-hydrogen) atoms. The van der Waals surface area contributed by atoms with Gasteiger partial charge in [0.05, 0.1) is 19.7 Å². The summed E-state index contributed by atoms with van der Waals surface area (Å²) in [5, 5.41) is 6.09.